The van der Waals surface area contributed by atoms with Crippen LogP contribution in [-0.4, -0.2) is 23.4 Å². The number of thiophene rings is 1. The summed E-state index contributed by atoms with van der Waals surface area (Å²) < 4.78 is 0. The zero-order valence-corrected chi connectivity index (χ0v) is 12.0. The first-order valence-corrected chi connectivity index (χ1v) is 7.73. The first-order valence-electron chi connectivity index (χ1n) is 6.85. The first-order chi connectivity index (χ1) is 9.61. The van der Waals surface area contributed by atoms with E-state index < -0.39 is 4.92 Å². The van der Waals surface area contributed by atoms with E-state index in [0.29, 0.717) is 18.0 Å². The van der Waals surface area contributed by atoms with Gasteiger partial charge in [0.25, 0.3) is 5.91 Å². The van der Waals surface area contributed by atoms with Gasteiger partial charge in [-0.2, -0.15) is 0 Å². The second-order valence-corrected chi connectivity index (χ2v) is 6.03. The van der Waals surface area contributed by atoms with Crippen LogP contribution in [0.15, 0.2) is 11.4 Å². The molecule has 1 aromatic heterocycles. The molecule has 0 saturated heterocycles. The number of nitrogens with two attached hydrogens (primary N) is 1. The van der Waals surface area contributed by atoms with Gasteiger partial charge in [0, 0.05) is 24.0 Å². The van der Waals surface area contributed by atoms with Gasteiger partial charge in [-0.25, -0.2) is 0 Å². The molecule has 110 valence electrons. The summed E-state index contributed by atoms with van der Waals surface area (Å²) in [5.74, 6) is 0.154. The Labute approximate surface area is 121 Å². The fraction of sp³-hybridized carbons (Fsp3) is 0.615. The normalized spacial score (nSPS) is 17.6. The van der Waals surface area contributed by atoms with Crippen LogP contribution >= 0.6 is 11.3 Å². The molecule has 0 bridgehead atoms. The van der Waals surface area contributed by atoms with Gasteiger partial charge in [-0.15, -0.1) is 0 Å². The lowest BCUT2D eigenvalue weighted by Crippen LogP contribution is -2.45. The second kappa shape index (κ2) is 6.81. The summed E-state index contributed by atoms with van der Waals surface area (Å²) in [4.78, 5) is 22.3. The molecule has 1 unspecified atom stereocenters. The lowest BCUT2D eigenvalue weighted by Gasteiger charge is -2.29. The van der Waals surface area contributed by atoms with E-state index in [1.165, 1.54) is 30.7 Å². The molecule has 1 fully saturated rings. The summed E-state index contributed by atoms with van der Waals surface area (Å²) in [6.07, 6.45) is 5.79. The lowest BCUT2D eigenvalue weighted by molar-refractivity contribution is -0.380. The lowest BCUT2D eigenvalue weighted by atomic mass is 9.84. The van der Waals surface area contributed by atoms with Crippen LogP contribution in [0.1, 0.15) is 42.5 Å². The summed E-state index contributed by atoms with van der Waals surface area (Å²) in [6, 6.07) is 1.27. The van der Waals surface area contributed by atoms with Crippen LogP contribution < -0.4 is 11.1 Å². The molecule has 6 nitrogen and oxygen atoms in total. The molecule has 1 amide bonds. The molecule has 0 spiro atoms. The fourth-order valence-corrected chi connectivity index (χ4v) is 3.40. The molecule has 7 heteroatoms. The monoisotopic (exact) mass is 297 g/mol. The molecule has 0 radical (unpaired) electrons. The van der Waals surface area contributed by atoms with Gasteiger partial charge in [0.2, 0.25) is 0 Å². The molecule has 2 rings (SSSR count). The van der Waals surface area contributed by atoms with Gasteiger partial charge in [-0.3, -0.25) is 14.9 Å². The highest BCUT2D eigenvalue weighted by molar-refractivity contribution is 7.13. The molecule has 1 aliphatic rings. The molecular weight excluding hydrogens is 278 g/mol. The van der Waals surface area contributed by atoms with E-state index in [2.05, 4.69) is 5.32 Å². The fourth-order valence-electron chi connectivity index (χ4n) is 2.70. The van der Waals surface area contributed by atoms with E-state index in [1.807, 2.05) is 0 Å². The summed E-state index contributed by atoms with van der Waals surface area (Å²) >= 11 is 0.965. The molecule has 1 saturated carbocycles. The van der Waals surface area contributed by atoms with Crippen molar-refractivity contribution in [3.63, 3.8) is 0 Å². The zero-order valence-electron chi connectivity index (χ0n) is 11.2. The highest BCUT2D eigenvalue weighted by Crippen LogP contribution is 2.27. The Morgan fingerprint density at radius 1 is 1.50 bits per heavy atom. The SMILES string of the molecule is NCC(NC(=O)c1csc([N+](=O)[O-])c1)C1CCCCC1. The number of hydrogen-bond acceptors (Lipinski definition) is 5. The van der Waals surface area contributed by atoms with Crippen LogP contribution in [-0.2, 0) is 0 Å². The Kier molecular flexibility index (Phi) is 5.08. The number of carbonyl (C=O) groups excluding carboxylic acids is 1. The molecule has 1 heterocycles. The standard InChI is InChI=1S/C13H19N3O3S/c14-7-11(9-4-2-1-3-5-9)15-13(17)10-6-12(16(18)19)20-8-10/h6,8-9,11H,1-5,7,14H2,(H,15,17). The molecule has 0 aromatic carbocycles. The summed E-state index contributed by atoms with van der Waals surface area (Å²) in [7, 11) is 0. The first kappa shape index (κ1) is 14.9. The maximum Gasteiger partial charge on any atom is 0.324 e. The third kappa shape index (κ3) is 3.55. The second-order valence-electron chi connectivity index (χ2n) is 5.14. The Bertz CT molecular complexity index is 483. The van der Waals surface area contributed by atoms with Gasteiger partial charge in [0.15, 0.2) is 0 Å². The van der Waals surface area contributed by atoms with Crippen molar-refractivity contribution in [2.75, 3.05) is 6.54 Å². The van der Waals surface area contributed by atoms with Crippen molar-refractivity contribution in [3.8, 4) is 0 Å². The van der Waals surface area contributed by atoms with Crippen LogP contribution in [0, 0.1) is 16.0 Å². The molecule has 0 aliphatic heterocycles. The van der Waals surface area contributed by atoms with Gasteiger partial charge in [-0.05, 0) is 18.8 Å². The van der Waals surface area contributed by atoms with E-state index in [4.69, 9.17) is 5.73 Å². The van der Waals surface area contributed by atoms with Crippen molar-refractivity contribution in [2.24, 2.45) is 11.7 Å². The van der Waals surface area contributed by atoms with E-state index >= 15 is 0 Å². The van der Waals surface area contributed by atoms with Gasteiger partial charge in [0.05, 0.1) is 10.5 Å². The average molecular weight is 297 g/mol. The van der Waals surface area contributed by atoms with Crippen LogP contribution in [0.2, 0.25) is 0 Å². The number of nitro groups is 1. The summed E-state index contributed by atoms with van der Waals surface area (Å²) in [5.41, 5.74) is 6.11. The third-order valence-corrected chi connectivity index (χ3v) is 4.70. The van der Waals surface area contributed by atoms with Crippen LogP contribution in [0.5, 0.6) is 0 Å². The zero-order chi connectivity index (χ0) is 14.5. The third-order valence-electron chi connectivity index (χ3n) is 3.82. The number of nitrogens with one attached hydrogen (secondary N) is 1. The smallest absolute Gasteiger partial charge is 0.324 e. The van der Waals surface area contributed by atoms with Crippen LogP contribution in [0.25, 0.3) is 0 Å². The maximum atomic E-state index is 12.1. The van der Waals surface area contributed by atoms with E-state index in [1.54, 1.807) is 0 Å². The van der Waals surface area contributed by atoms with Crippen molar-refractivity contribution in [1.82, 2.24) is 5.32 Å². The van der Waals surface area contributed by atoms with Gasteiger partial charge < -0.3 is 11.1 Å². The molecule has 1 aliphatic carbocycles. The minimum atomic E-state index is -0.483. The molecule has 3 N–H and O–H groups in total. The quantitative estimate of drug-likeness (QED) is 0.643. The molecule has 1 aromatic rings. The van der Waals surface area contributed by atoms with E-state index in [-0.39, 0.29) is 17.0 Å². The number of rotatable bonds is 5. The predicted molar refractivity (Wildman–Crippen MR) is 77.9 cm³/mol. The maximum absolute atomic E-state index is 12.1. The Morgan fingerprint density at radius 2 is 2.20 bits per heavy atom. The average Bonchev–Trinajstić information content (AvgIpc) is 2.95. The van der Waals surface area contributed by atoms with Gasteiger partial charge in [0.1, 0.15) is 0 Å². The van der Waals surface area contributed by atoms with Crippen molar-refractivity contribution in [2.45, 2.75) is 38.1 Å². The topological polar surface area (TPSA) is 98.3 Å². The van der Waals surface area contributed by atoms with E-state index in [0.717, 1.165) is 24.2 Å². The van der Waals surface area contributed by atoms with Gasteiger partial charge >= 0.3 is 5.00 Å². The largest absolute Gasteiger partial charge is 0.348 e. The number of nitrogens with zero attached hydrogens (tertiary/aromatic N) is 1. The summed E-state index contributed by atoms with van der Waals surface area (Å²) in [5, 5.41) is 15.1. The van der Waals surface area contributed by atoms with Crippen molar-refractivity contribution < 1.29 is 9.72 Å². The highest BCUT2D eigenvalue weighted by atomic mass is 32.1. The minimum absolute atomic E-state index is 0.0166. The summed E-state index contributed by atoms with van der Waals surface area (Å²) in [6.45, 7) is 0.405. The predicted octanol–water partition coefficient (Wildman–Crippen LogP) is 2.29. The highest BCUT2D eigenvalue weighted by Gasteiger charge is 2.25. The van der Waals surface area contributed by atoms with Crippen LogP contribution in [0.3, 0.4) is 0 Å². The minimum Gasteiger partial charge on any atom is -0.348 e. The van der Waals surface area contributed by atoms with Crippen molar-refractivity contribution in [3.05, 3.63) is 27.1 Å². The molecule has 20 heavy (non-hydrogen) atoms. The van der Waals surface area contributed by atoms with E-state index in [9.17, 15) is 14.9 Å². The van der Waals surface area contributed by atoms with Crippen molar-refractivity contribution in [1.29, 1.82) is 0 Å². The number of hydrogen-bond donors (Lipinski definition) is 2. The van der Waals surface area contributed by atoms with Crippen LogP contribution in [0.4, 0.5) is 5.00 Å². The molecular formula is C13H19N3O3S. The number of carbonyl (C=O) groups is 1. The Morgan fingerprint density at radius 3 is 2.75 bits per heavy atom. The Balaban J connectivity index is 1.98. The molecule has 1 atom stereocenters. The number of amides is 1. The van der Waals surface area contributed by atoms with Crippen molar-refractivity contribution >= 4 is 22.2 Å². The Hall–Kier alpha value is -1.47. The van der Waals surface area contributed by atoms with Gasteiger partial charge in [-0.1, -0.05) is 30.6 Å².